The van der Waals surface area contributed by atoms with Crippen molar-refractivity contribution in [3.63, 3.8) is 0 Å². The zero-order valence-electron chi connectivity index (χ0n) is 22.6. The molecule has 0 aromatic carbocycles. The molecule has 4 aliphatic rings. The maximum atomic E-state index is 11.7. The van der Waals surface area contributed by atoms with Crippen LogP contribution in [0.15, 0.2) is 12.2 Å². The van der Waals surface area contributed by atoms with Crippen LogP contribution in [0.1, 0.15) is 72.6 Å². The van der Waals surface area contributed by atoms with Crippen LogP contribution in [0.2, 0.25) is 0 Å². The Kier molecular flexibility index (Phi) is 8.52. The van der Waals surface area contributed by atoms with Crippen molar-refractivity contribution in [1.82, 2.24) is 0 Å². The fraction of sp³-hybridized carbons (Fsp3) is 0.923. The summed E-state index contributed by atoms with van der Waals surface area (Å²) in [5, 5.41) is 22.8. The van der Waals surface area contributed by atoms with Gasteiger partial charge in [-0.3, -0.25) is 9.11 Å². The van der Waals surface area contributed by atoms with Crippen LogP contribution < -0.4 is 0 Å². The number of allylic oxidation sites excluding steroid dienone is 1. The van der Waals surface area contributed by atoms with Gasteiger partial charge in [0.05, 0.1) is 18.8 Å². The van der Waals surface area contributed by atoms with Crippen molar-refractivity contribution in [3.8, 4) is 0 Å². The van der Waals surface area contributed by atoms with E-state index in [0.717, 1.165) is 19.3 Å². The largest absolute Gasteiger partial charge is 0.397 e. The fourth-order valence-corrected chi connectivity index (χ4v) is 10.1. The van der Waals surface area contributed by atoms with E-state index in [1.165, 1.54) is 0 Å². The summed E-state index contributed by atoms with van der Waals surface area (Å²) in [5.41, 5.74) is -0.673. The van der Waals surface area contributed by atoms with Crippen molar-refractivity contribution in [2.24, 2.45) is 52.3 Å². The highest BCUT2D eigenvalue weighted by Crippen LogP contribution is 2.68. The predicted molar refractivity (Wildman–Crippen MR) is 139 cm³/mol. The van der Waals surface area contributed by atoms with Crippen LogP contribution >= 0.6 is 0 Å². The van der Waals surface area contributed by atoms with E-state index in [9.17, 15) is 31.6 Å². The SMILES string of the molecule is CC(C)/C=C/[C@@H](COS(=O)(=O)O)[C@H]1CCC2C3CC[C@@H]4[C@H](O)[C@H](OS(=O)(=O)O)CCC4(C)C3C(O)CC21C. The average Bonchev–Trinajstić information content (AvgIpc) is 3.10. The first-order valence-electron chi connectivity index (χ1n) is 13.8. The monoisotopic (exact) mass is 580 g/mol. The van der Waals surface area contributed by atoms with Gasteiger partial charge in [-0.05, 0) is 91.3 Å². The number of rotatable bonds is 8. The Hall–Kier alpha value is -0.600. The molecule has 4 N–H and O–H groups in total. The average molecular weight is 581 g/mol. The molecule has 6 unspecified atom stereocenters. The van der Waals surface area contributed by atoms with E-state index in [0.29, 0.717) is 25.2 Å². The molecule has 0 amide bonds. The van der Waals surface area contributed by atoms with Crippen LogP contribution in [-0.2, 0) is 29.2 Å². The minimum absolute atomic E-state index is 0.0647. The van der Waals surface area contributed by atoms with Gasteiger partial charge in [0.15, 0.2) is 0 Å². The van der Waals surface area contributed by atoms with Crippen molar-refractivity contribution in [2.45, 2.75) is 91.0 Å². The highest BCUT2D eigenvalue weighted by Gasteiger charge is 2.65. The Morgan fingerprint density at radius 1 is 0.895 bits per heavy atom. The van der Waals surface area contributed by atoms with Gasteiger partial charge in [-0.25, -0.2) is 8.37 Å². The smallest absolute Gasteiger partial charge is 0.393 e. The van der Waals surface area contributed by atoms with Crippen LogP contribution in [0.4, 0.5) is 0 Å². The van der Waals surface area contributed by atoms with E-state index >= 15 is 0 Å². The first-order valence-corrected chi connectivity index (χ1v) is 16.5. The molecular weight excluding hydrogens is 536 g/mol. The number of hydrogen-bond acceptors (Lipinski definition) is 8. The third kappa shape index (κ3) is 5.88. The predicted octanol–water partition coefficient (Wildman–Crippen LogP) is 3.42. The van der Waals surface area contributed by atoms with Gasteiger partial charge < -0.3 is 10.2 Å². The molecule has 0 aromatic heterocycles. The van der Waals surface area contributed by atoms with Crippen molar-refractivity contribution >= 4 is 20.8 Å². The molecule has 0 saturated heterocycles. The maximum absolute atomic E-state index is 11.7. The highest BCUT2D eigenvalue weighted by atomic mass is 32.3. The molecule has 0 radical (unpaired) electrons. The zero-order chi connectivity index (χ0) is 28.3. The second-order valence-electron chi connectivity index (χ2n) is 13.0. The zero-order valence-corrected chi connectivity index (χ0v) is 24.3. The molecule has 0 bridgehead atoms. The van der Waals surface area contributed by atoms with Crippen molar-refractivity contribution < 1.29 is 44.5 Å². The third-order valence-electron chi connectivity index (χ3n) is 10.6. The Bertz CT molecular complexity index is 1110. The van der Waals surface area contributed by atoms with Crippen molar-refractivity contribution in [2.75, 3.05) is 6.61 Å². The highest BCUT2D eigenvalue weighted by molar-refractivity contribution is 7.81. The molecule has 220 valence electrons. The minimum atomic E-state index is -4.69. The van der Waals surface area contributed by atoms with Gasteiger partial charge in [0, 0.05) is 5.92 Å². The lowest BCUT2D eigenvalue weighted by Gasteiger charge is -2.63. The summed E-state index contributed by atoms with van der Waals surface area (Å²) in [7, 11) is -9.26. The van der Waals surface area contributed by atoms with E-state index < -0.39 is 44.5 Å². The Morgan fingerprint density at radius 3 is 2.16 bits per heavy atom. The first kappa shape index (κ1) is 30.4. The summed E-state index contributed by atoms with van der Waals surface area (Å²) >= 11 is 0. The fourth-order valence-electron chi connectivity index (χ4n) is 9.27. The van der Waals surface area contributed by atoms with Crippen LogP contribution in [0.25, 0.3) is 0 Å². The van der Waals surface area contributed by atoms with E-state index in [1.807, 2.05) is 26.0 Å². The summed E-state index contributed by atoms with van der Waals surface area (Å²) in [6.45, 7) is 8.20. The van der Waals surface area contributed by atoms with Gasteiger partial charge in [0.1, 0.15) is 6.10 Å². The second-order valence-corrected chi connectivity index (χ2v) is 15.2. The van der Waals surface area contributed by atoms with Crippen LogP contribution in [-0.4, -0.2) is 61.1 Å². The Morgan fingerprint density at radius 2 is 1.55 bits per heavy atom. The summed E-state index contributed by atoms with van der Waals surface area (Å²) in [4.78, 5) is 0. The molecule has 4 saturated carbocycles. The van der Waals surface area contributed by atoms with Gasteiger partial charge in [-0.15, -0.1) is 0 Å². The van der Waals surface area contributed by atoms with Crippen molar-refractivity contribution in [1.29, 1.82) is 0 Å². The standard InChI is InChI=1S/C26H44O10S2/c1-15(2)5-6-16(14-35-37(29,30)31)18-9-10-19-17-7-8-20-24(28)22(36-38(32,33)34)11-12-25(20,3)23(17)21(27)13-26(18,19)4/h5-6,15-24,27-28H,7-14H2,1-4H3,(H,29,30,31)(H,32,33,34)/b6-5+/t16-,17?,18+,19?,20+,21?,22+,23?,24-,25?,26?/m0/s1. The number of aliphatic hydroxyl groups is 2. The number of fused-ring (bicyclic) bond motifs is 5. The van der Waals surface area contributed by atoms with Crippen LogP contribution in [0, 0.1) is 52.3 Å². The van der Waals surface area contributed by atoms with Gasteiger partial charge in [0.25, 0.3) is 0 Å². The van der Waals surface area contributed by atoms with Crippen LogP contribution in [0.5, 0.6) is 0 Å². The lowest BCUT2D eigenvalue weighted by Crippen LogP contribution is -2.62. The molecule has 0 spiro atoms. The molecule has 10 nitrogen and oxygen atoms in total. The number of hydrogen-bond donors (Lipinski definition) is 4. The molecule has 38 heavy (non-hydrogen) atoms. The molecule has 0 heterocycles. The molecular formula is C26H44O10S2. The van der Waals surface area contributed by atoms with E-state index in [2.05, 4.69) is 13.8 Å². The molecule has 4 fully saturated rings. The second kappa shape index (κ2) is 10.7. The molecule has 4 rings (SSSR count). The third-order valence-corrected chi connectivity index (χ3v) is 11.5. The number of aliphatic hydroxyl groups excluding tert-OH is 2. The molecule has 0 aromatic rings. The van der Waals surface area contributed by atoms with E-state index in [1.54, 1.807) is 0 Å². The quantitative estimate of drug-likeness (QED) is 0.247. The first-order chi connectivity index (χ1) is 17.5. The summed E-state index contributed by atoms with van der Waals surface area (Å²) in [6.07, 6.45) is 5.92. The van der Waals surface area contributed by atoms with Crippen molar-refractivity contribution in [3.05, 3.63) is 12.2 Å². The Labute approximate surface area is 227 Å². The van der Waals surface area contributed by atoms with Gasteiger partial charge in [-0.1, -0.05) is 39.8 Å². The normalized spacial score (nSPS) is 44.6. The molecule has 11 atom stereocenters. The lowest BCUT2D eigenvalue weighted by molar-refractivity contribution is -0.204. The lowest BCUT2D eigenvalue weighted by atomic mass is 9.43. The summed E-state index contributed by atoms with van der Waals surface area (Å²) in [5.74, 6) is 0.260. The Balaban J connectivity index is 1.59. The molecule has 0 aliphatic heterocycles. The summed E-state index contributed by atoms with van der Waals surface area (Å²) < 4.78 is 73.4. The van der Waals surface area contributed by atoms with Gasteiger partial charge in [0.2, 0.25) is 0 Å². The van der Waals surface area contributed by atoms with Gasteiger partial charge >= 0.3 is 20.8 Å². The van der Waals surface area contributed by atoms with Gasteiger partial charge in [-0.2, -0.15) is 16.8 Å². The van der Waals surface area contributed by atoms with E-state index in [-0.39, 0.29) is 54.0 Å². The topological polar surface area (TPSA) is 168 Å². The summed E-state index contributed by atoms with van der Waals surface area (Å²) in [6, 6.07) is 0. The maximum Gasteiger partial charge on any atom is 0.397 e. The molecule has 4 aliphatic carbocycles. The van der Waals surface area contributed by atoms with Crippen LogP contribution in [0.3, 0.4) is 0 Å². The molecule has 12 heteroatoms. The van der Waals surface area contributed by atoms with E-state index in [4.69, 9.17) is 12.9 Å². The minimum Gasteiger partial charge on any atom is -0.393 e.